The number of ketones is 1. The number of benzene rings is 1. The van der Waals surface area contributed by atoms with Gasteiger partial charge in [-0.1, -0.05) is 18.5 Å². The van der Waals surface area contributed by atoms with Gasteiger partial charge >= 0.3 is 5.97 Å². The van der Waals surface area contributed by atoms with Gasteiger partial charge in [-0.15, -0.1) is 0 Å². The quantitative estimate of drug-likeness (QED) is 0.640. The van der Waals surface area contributed by atoms with Crippen LogP contribution in [-0.2, 0) is 11.2 Å². The summed E-state index contributed by atoms with van der Waals surface area (Å²) in [6.07, 6.45) is 0.340. The SMILES string of the molecule is CCc1cc(C(=O)C(=O)O)cc(Cl)c1F. The molecule has 0 bridgehead atoms. The third kappa shape index (κ3) is 2.33. The summed E-state index contributed by atoms with van der Waals surface area (Å²) in [7, 11) is 0. The van der Waals surface area contributed by atoms with Gasteiger partial charge in [0.15, 0.2) is 0 Å². The van der Waals surface area contributed by atoms with Crippen LogP contribution in [0.3, 0.4) is 0 Å². The first-order valence-corrected chi connectivity index (χ1v) is 4.60. The van der Waals surface area contributed by atoms with Crippen LogP contribution in [0.25, 0.3) is 0 Å². The van der Waals surface area contributed by atoms with Crippen molar-refractivity contribution in [1.29, 1.82) is 0 Å². The molecule has 3 nitrogen and oxygen atoms in total. The fraction of sp³-hybridized carbons (Fsp3) is 0.200. The third-order valence-corrected chi connectivity index (χ3v) is 2.22. The van der Waals surface area contributed by atoms with Crippen LogP contribution in [0.4, 0.5) is 4.39 Å². The third-order valence-electron chi connectivity index (χ3n) is 1.94. The van der Waals surface area contributed by atoms with Crippen molar-refractivity contribution in [1.82, 2.24) is 0 Å². The van der Waals surface area contributed by atoms with Crippen LogP contribution in [-0.4, -0.2) is 16.9 Å². The van der Waals surface area contributed by atoms with Crippen LogP contribution in [0.15, 0.2) is 12.1 Å². The number of aryl methyl sites for hydroxylation is 1. The molecule has 0 unspecified atom stereocenters. The van der Waals surface area contributed by atoms with E-state index in [9.17, 15) is 14.0 Å². The zero-order valence-corrected chi connectivity index (χ0v) is 8.64. The topological polar surface area (TPSA) is 54.4 Å². The summed E-state index contributed by atoms with van der Waals surface area (Å²) in [5.41, 5.74) is 0.123. The van der Waals surface area contributed by atoms with Crippen molar-refractivity contribution in [3.05, 3.63) is 34.1 Å². The minimum atomic E-state index is -1.58. The van der Waals surface area contributed by atoms with Gasteiger partial charge in [0, 0.05) is 5.56 Å². The standard InChI is InChI=1S/C10H8ClFO3/c1-2-5-3-6(9(13)10(14)15)4-7(11)8(5)12/h3-4H,2H2,1H3,(H,14,15). The Labute approximate surface area is 90.5 Å². The largest absolute Gasteiger partial charge is 0.475 e. The number of hydrogen-bond donors (Lipinski definition) is 1. The smallest absolute Gasteiger partial charge is 0.377 e. The average Bonchev–Trinajstić information content (AvgIpc) is 2.20. The van der Waals surface area contributed by atoms with E-state index in [0.717, 1.165) is 6.07 Å². The molecule has 0 aliphatic heterocycles. The molecule has 0 radical (unpaired) electrons. The monoisotopic (exact) mass is 230 g/mol. The highest BCUT2D eigenvalue weighted by Gasteiger charge is 2.18. The van der Waals surface area contributed by atoms with Crippen LogP contribution >= 0.6 is 11.6 Å². The molecule has 0 atom stereocenters. The van der Waals surface area contributed by atoms with E-state index in [0.29, 0.717) is 6.42 Å². The minimum Gasteiger partial charge on any atom is -0.475 e. The lowest BCUT2D eigenvalue weighted by Crippen LogP contribution is -2.13. The highest BCUT2D eigenvalue weighted by Crippen LogP contribution is 2.21. The Bertz CT molecular complexity index is 429. The highest BCUT2D eigenvalue weighted by molar-refractivity contribution is 6.40. The number of carboxylic acid groups (broad SMARTS) is 1. The van der Waals surface area contributed by atoms with Crippen LogP contribution in [0.5, 0.6) is 0 Å². The number of aliphatic carboxylic acids is 1. The number of carbonyl (C=O) groups excluding carboxylic acids is 1. The van der Waals surface area contributed by atoms with Crippen molar-refractivity contribution in [2.45, 2.75) is 13.3 Å². The Kier molecular flexibility index (Phi) is 3.42. The second kappa shape index (κ2) is 4.40. The number of hydrogen-bond acceptors (Lipinski definition) is 2. The first-order valence-electron chi connectivity index (χ1n) is 4.23. The Balaban J connectivity index is 3.28. The second-order valence-electron chi connectivity index (χ2n) is 2.92. The summed E-state index contributed by atoms with van der Waals surface area (Å²) in [5.74, 6) is -3.28. The Morgan fingerprint density at radius 1 is 1.47 bits per heavy atom. The molecule has 0 saturated carbocycles. The second-order valence-corrected chi connectivity index (χ2v) is 3.33. The molecule has 0 fully saturated rings. The van der Waals surface area contributed by atoms with Crippen molar-refractivity contribution < 1.29 is 19.1 Å². The molecule has 0 heterocycles. The maximum atomic E-state index is 13.3. The number of halogens is 2. The Morgan fingerprint density at radius 2 is 2.07 bits per heavy atom. The van der Waals surface area contributed by atoms with E-state index in [1.54, 1.807) is 6.92 Å². The summed E-state index contributed by atoms with van der Waals surface area (Å²) >= 11 is 5.53. The summed E-state index contributed by atoms with van der Waals surface area (Å²) in [5, 5.41) is 8.24. The molecule has 0 saturated heterocycles. The molecule has 80 valence electrons. The fourth-order valence-electron chi connectivity index (χ4n) is 1.16. The first-order chi connectivity index (χ1) is 6.97. The lowest BCUT2D eigenvalue weighted by atomic mass is 10.1. The lowest BCUT2D eigenvalue weighted by molar-refractivity contribution is -0.131. The van der Waals surface area contributed by atoms with Gasteiger partial charge in [-0.25, -0.2) is 9.18 Å². The summed E-state index contributed by atoms with van der Waals surface area (Å²) < 4.78 is 13.3. The summed E-state index contributed by atoms with van der Waals surface area (Å²) in [6.45, 7) is 1.68. The molecule has 0 aliphatic carbocycles. The number of rotatable bonds is 3. The zero-order chi connectivity index (χ0) is 11.6. The number of carboxylic acids is 1. The maximum absolute atomic E-state index is 13.3. The van der Waals surface area contributed by atoms with Gasteiger partial charge in [0.2, 0.25) is 0 Å². The van der Waals surface area contributed by atoms with Crippen LogP contribution in [0.1, 0.15) is 22.8 Å². The van der Waals surface area contributed by atoms with Gasteiger partial charge in [-0.3, -0.25) is 4.79 Å². The van der Waals surface area contributed by atoms with Crippen molar-refractivity contribution >= 4 is 23.4 Å². The van der Waals surface area contributed by atoms with Gasteiger partial charge in [0.05, 0.1) is 5.02 Å². The van der Waals surface area contributed by atoms with Crippen molar-refractivity contribution in [3.8, 4) is 0 Å². The van der Waals surface area contributed by atoms with Crippen molar-refractivity contribution in [2.24, 2.45) is 0 Å². The Hall–Kier alpha value is -1.42. The molecule has 1 N–H and O–H groups in total. The Morgan fingerprint density at radius 3 is 2.53 bits per heavy atom. The van der Waals surface area contributed by atoms with Crippen molar-refractivity contribution in [3.63, 3.8) is 0 Å². The van der Waals surface area contributed by atoms with Crippen LogP contribution in [0.2, 0.25) is 5.02 Å². The molecule has 15 heavy (non-hydrogen) atoms. The molecule has 5 heteroatoms. The molecule has 1 aromatic rings. The number of carbonyl (C=O) groups is 2. The van der Waals surface area contributed by atoms with E-state index in [2.05, 4.69) is 0 Å². The van der Waals surface area contributed by atoms with E-state index in [4.69, 9.17) is 16.7 Å². The van der Waals surface area contributed by atoms with E-state index < -0.39 is 17.6 Å². The first kappa shape index (κ1) is 11.7. The van der Waals surface area contributed by atoms with E-state index in [1.165, 1.54) is 6.07 Å². The molecule has 1 rings (SSSR count). The minimum absolute atomic E-state index is 0.106. The van der Waals surface area contributed by atoms with Gasteiger partial charge in [0.1, 0.15) is 5.82 Å². The van der Waals surface area contributed by atoms with Crippen LogP contribution < -0.4 is 0 Å². The van der Waals surface area contributed by atoms with E-state index in [1.807, 2.05) is 0 Å². The summed E-state index contributed by atoms with van der Waals surface area (Å²) in [4.78, 5) is 21.5. The van der Waals surface area contributed by atoms with Gasteiger partial charge < -0.3 is 5.11 Å². The van der Waals surface area contributed by atoms with Crippen LogP contribution in [0, 0.1) is 5.82 Å². The zero-order valence-electron chi connectivity index (χ0n) is 7.88. The molecule has 1 aromatic carbocycles. The molecule has 0 aromatic heterocycles. The molecule has 0 aliphatic rings. The number of Topliss-reactive ketones (excluding diaryl/α,β-unsaturated/α-hetero) is 1. The molecule has 0 spiro atoms. The molecule has 0 amide bonds. The van der Waals surface area contributed by atoms with E-state index in [-0.39, 0.29) is 16.1 Å². The van der Waals surface area contributed by atoms with Gasteiger partial charge in [-0.2, -0.15) is 0 Å². The highest BCUT2D eigenvalue weighted by atomic mass is 35.5. The normalized spacial score (nSPS) is 10.1. The summed E-state index contributed by atoms with van der Waals surface area (Å²) in [6, 6.07) is 2.23. The molecular weight excluding hydrogens is 223 g/mol. The van der Waals surface area contributed by atoms with Gasteiger partial charge in [-0.05, 0) is 24.1 Å². The lowest BCUT2D eigenvalue weighted by Gasteiger charge is -2.04. The molecular formula is C10H8ClFO3. The predicted octanol–water partition coefficient (Wildman–Crippen LogP) is 2.31. The maximum Gasteiger partial charge on any atom is 0.377 e. The van der Waals surface area contributed by atoms with E-state index >= 15 is 0 Å². The average molecular weight is 231 g/mol. The fourth-order valence-corrected chi connectivity index (χ4v) is 1.40. The van der Waals surface area contributed by atoms with Crippen molar-refractivity contribution in [2.75, 3.05) is 0 Å². The predicted molar refractivity (Wildman–Crippen MR) is 52.8 cm³/mol. The van der Waals surface area contributed by atoms with Gasteiger partial charge in [0.25, 0.3) is 5.78 Å².